The van der Waals surface area contributed by atoms with Gasteiger partial charge in [0.05, 0.1) is 35.0 Å². The summed E-state index contributed by atoms with van der Waals surface area (Å²) in [6.45, 7) is -0.0931. The SMILES string of the molecule is COc1cc2c(cn1)-c1ccc(Cl)c(c1)NS(=O)(=O)c1cc(cc(Br)c1OC)C(=O)OC2. The number of benzene rings is 2. The van der Waals surface area contributed by atoms with Crippen molar-refractivity contribution < 1.29 is 27.4 Å². The molecular formula is C21H16BrClN2O6S. The molecule has 0 radical (unpaired) electrons. The normalized spacial score (nSPS) is 14.6. The molecule has 166 valence electrons. The molecule has 0 spiro atoms. The van der Waals surface area contributed by atoms with Crippen LogP contribution >= 0.6 is 27.5 Å². The van der Waals surface area contributed by atoms with Crippen molar-refractivity contribution in [3.05, 3.63) is 63.2 Å². The number of anilines is 1. The monoisotopic (exact) mass is 538 g/mol. The average molecular weight is 540 g/mol. The fraction of sp³-hybridized carbons (Fsp3) is 0.143. The van der Waals surface area contributed by atoms with E-state index in [1.165, 1.54) is 26.4 Å². The molecule has 4 rings (SSSR count). The zero-order valence-corrected chi connectivity index (χ0v) is 20.0. The van der Waals surface area contributed by atoms with Crippen LogP contribution in [0.4, 0.5) is 5.69 Å². The molecule has 3 aromatic rings. The Kier molecular flexibility index (Phi) is 6.02. The van der Waals surface area contributed by atoms with E-state index in [9.17, 15) is 13.2 Å². The van der Waals surface area contributed by atoms with Crippen LogP contribution in [0.15, 0.2) is 52.0 Å². The van der Waals surface area contributed by atoms with Gasteiger partial charge >= 0.3 is 5.97 Å². The van der Waals surface area contributed by atoms with E-state index in [-0.39, 0.29) is 38.0 Å². The number of pyridine rings is 1. The predicted molar refractivity (Wildman–Crippen MR) is 122 cm³/mol. The van der Waals surface area contributed by atoms with E-state index in [0.717, 1.165) is 0 Å². The Bertz CT molecular complexity index is 1350. The standard InChI is InChI=1S/C21H16BrClN2O6S/c1-29-19-8-13-10-31-21(26)12-5-15(22)20(30-2)18(7-12)32(27,28)25-17-6-11(3-4-16(17)23)14(13)9-24-19/h3-9,25H,10H2,1-2H3. The molecular weight excluding hydrogens is 524 g/mol. The molecule has 0 unspecified atom stereocenters. The first-order valence-corrected chi connectivity index (χ1v) is 11.8. The summed E-state index contributed by atoms with van der Waals surface area (Å²) in [6, 6.07) is 9.14. The number of carbonyl (C=O) groups excluding carboxylic acids is 1. The zero-order chi connectivity index (χ0) is 23.0. The fourth-order valence-electron chi connectivity index (χ4n) is 3.25. The number of hydrogen-bond donors (Lipinski definition) is 1. The summed E-state index contributed by atoms with van der Waals surface area (Å²) in [5, 5.41) is 0.191. The van der Waals surface area contributed by atoms with Crippen LogP contribution in [0.25, 0.3) is 11.1 Å². The van der Waals surface area contributed by atoms with Crippen molar-refractivity contribution in [1.29, 1.82) is 0 Å². The molecule has 0 amide bonds. The van der Waals surface area contributed by atoms with E-state index in [2.05, 4.69) is 25.6 Å². The third-order valence-corrected chi connectivity index (χ3v) is 7.08. The van der Waals surface area contributed by atoms with E-state index < -0.39 is 16.0 Å². The number of fused-ring (bicyclic) bond motifs is 6. The van der Waals surface area contributed by atoms with Crippen LogP contribution in [0.3, 0.4) is 0 Å². The Labute approximate surface area is 197 Å². The van der Waals surface area contributed by atoms with Crippen molar-refractivity contribution in [3.63, 3.8) is 0 Å². The molecule has 8 nitrogen and oxygen atoms in total. The highest BCUT2D eigenvalue weighted by Gasteiger charge is 2.26. The highest BCUT2D eigenvalue weighted by Crippen LogP contribution is 2.38. The Morgan fingerprint density at radius 3 is 2.62 bits per heavy atom. The van der Waals surface area contributed by atoms with Gasteiger partial charge in [-0.05, 0) is 45.8 Å². The van der Waals surface area contributed by atoms with Gasteiger partial charge in [0, 0.05) is 23.4 Å². The van der Waals surface area contributed by atoms with Gasteiger partial charge in [0.15, 0.2) is 5.75 Å². The first-order chi connectivity index (χ1) is 15.2. The second kappa shape index (κ2) is 8.61. The number of ether oxygens (including phenoxy) is 3. The van der Waals surface area contributed by atoms with E-state index in [1.54, 1.807) is 30.5 Å². The van der Waals surface area contributed by atoms with Crippen molar-refractivity contribution in [3.8, 4) is 22.8 Å². The number of aromatic nitrogens is 1. The molecule has 4 bridgehead atoms. The van der Waals surface area contributed by atoms with Crippen LogP contribution < -0.4 is 14.2 Å². The molecule has 0 saturated carbocycles. The van der Waals surface area contributed by atoms with Crippen molar-refractivity contribution >= 4 is 49.2 Å². The van der Waals surface area contributed by atoms with E-state index >= 15 is 0 Å². The minimum Gasteiger partial charge on any atom is -0.494 e. The largest absolute Gasteiger partial charge is 0.494 e. The summed E-state index contributed by atoms with van der Waals surface area (Å²) < 4.78 is 45.2. The molecule has 1 aliphatic rings. The van der Waals surface area contributed by atoms with Gasteiger partial charge in [-0.2, -0.15) is 0 Å². The van der Waals surface area contributed by atoms with Gasteiger partial charge in [0.2, 0.25) is 5.88 Å². The lowest BCUT2D eigenvalue weighted by Crippen LogP contribution is -2.16. The van der Waals surface area contributed by atoms with Gasteiger partial charge in [-0.1, -0.05) is 17.7 Å². The summed E-state index contributed by atoms with van der Waals surface area (Å²) in [5.41, 5.74) is 2.04. The van der Waals surface area contributed by atoms with Crippen LogP contribution in [0.5, 0.6) is 11.6 Å². The number of halogens is 2. The van der Waals surface area contributed by atoms with E-state index in [1.807, 2.05) is 0 Å². The molecule has 1 aromatic heterocycles. The lowest BCUT2D eigenvalue weighted by atomic mass is 10.0. The predicted octanol–water partition coefficient (Wildman–Crippen LogP) is 4.65. The number of carbonyl (C=O) groups is 1. The molecule has 2 heterocycles. The van der Waals surface area contributed by atoms with Gasteiger partial charge < -0.3 is 14.2 Å². The van der Waals surface area contributed by atoms with Crippen LogP contribution in [0.1, 0.15) is 15.9 Å². The summed E-state index contributed by atoms with van der Waals surface area (Å²) in [5.74, 6) is -0.336. The van der Waals surface area contributed by atoms with Crippen LogP contribution in [-0.2, 0) is 21.4 Å². The first-order valence-electron chi connectivity index (χ1n) is 9.14. The zero-order valence-electron chi connectivity index (χ0n) is 16.8. The lowest BCUT2D eigenvalue weighted by Gasteiger charge is -2.15. The number of cyclic esters (lactones) is 1. The highest BCUT2D eigenvalue weighted by molar-refractivity contribution is 9.10. The van der Waals surface area contributed by atoms with Crippen molar-refractivity contribution in [2.45, 2.75) is 11.5 Å². The second-order valence-corrected chi connectivity index (χ2v) is 9.66. The Hall–Kier alpha value is -2.82. The Balaban J connectivity index is 1.98. The maximum absolute atomic E-state index is 13.2. The number of methoxy groups -OCH3 is 2. The van der Waals surface area contributed by atoms with Crippen molar-refractivity contribution in [2.75, 3.05) is 18.9 Å². The first kappa shape index (κ1) is 22.4. The number of esters is 1. The molecule has 1 aliphatic heterocycles. The number of nitrogens with zero attached hydrogens (tertiary/aromatic N) is 1. The van der Waals surface area contributed by atoms with E-state index in [0.29, 0.717) is 22.6 Å². The van der Waals surface area contributed by atoms with Gasteiger partial charge in [0.25, 0.3) is 10.0 Å². The fourth-order valence-corrected chi connectivity index (χ4v) is 5.51. The lowest BCUT2D eigenvalue weighted by molar-refractivity contribution is 0.0472. The number of sulfonamides is 1. The summed E-state index contributed by atoms with van der Waals surface area (Å²) in [6.07, 6.45) is 1.56. The summed E-state index contributed by atoms with van der Waals surface area (Å²) in [7, 11) is -1.38. The molecule has 0 saturated heterocycles. The molecule has 11 heteroatoms. The van der Waals surface area contributed by atoms with Crippen molar-refractivity contribution in [1.82, 2.24) is 4.98 Å². The topological polar surface area (TPSA) is 104 Å². The molecule has 0 aliphatic carbocycles. The summed E-state index contributed by atoms with van der Waals surface area (Å²) in [4.78, 5) is 16.8. The van der Waals surface area contributed by atoms with Gasteiger partial charge in [-0.15, -0.1) is 0 Å². The molecule has 0 atom stereocenters. The number of nitrogens with one attached hydrogen (secondary N) is 1. The third-order valence-electron chi connectivity index (χ3n) is 4.79. The van der Waals surface area contributed by atoms with Gasteiger partial charge in [-0.25, -0.2) is 18.2 Å². The Morgan fingerprint density at radius 1 is 1.12 bits per heavy atom. The van der Waals surface area contributed by atoms with Crippen LogP contribution in [0, 0.1) is 0 Å². The Morgan fingerprint density at radius 2 is 1.91 bits per heavy atom. The molecule has 1 N–H and O–H groups in total. The summed E-state index contributed by atoms with van der Waals surface area (Å²) >= 11 is 9.55. The minimum absolute atomic E-state index is 0.0256. The molecule has 2 aromatic carbocycles. The van der Waals surface area contributed by atoms with Crippen LogP contribution in [-0.4, -0.2) is 33.6 Å². The third kappa shape index (κ3) is 4.13. The average Bonchev–Trinajstić information content (AvgIpc) is 2.77. The van der Waals surface area contributed by atoms with Crippen LogP contribution in [0.2, 0.25) is 5.02 Å². The minimum atomic E-state index is -4.19. The van der Waals surface area contributed by atoms with Gasteiger partial charge in [-0.3, -0.25) is 4.72 Å². The second-order valence-electron chi connectivity index (χ2n) is 6.75. The smallest absolute Gasteiger partial charge is 0.338 e. The quantitative estimate of drug-likeness (QED) is 0.473. The molecule has 32 heavy (non-hydrogen) atoms. The maximum atomic E-state index is 13.2. The highest BCUT2D eigenvalue weighted by atomic mass is 79.9. The number of rotatable bonds is 2. The van der Waals surface area contributed by atoms with Gasteiger partial charge in [0.1, 0.15) is 11.5 Å². The maximum Gasteiger partial charge on any atom is 0.338 e. The van der Waals surface area contributed by atoms with Crippen molar-refractivity contribution in [2.24, 2.45) is 0 Å². The molecule has 0 fully saturated rings. The van der Waals surface area contributed by atoms with E-state index in [4.69, 9.17) is 25.8 Å². The number of hydrogen-bond acceptors (Lipinski definition) is 7.